The zero-order chi connectivity index (χ0) is 18.7. The average Bonchev–Trinajstić information content (AvgIpc) is 2.66. The van der Waals surface area contributed by atoms with Crippen molar-refractivity contribution in [3.05, 3.63) is 66.2 Å². The second kappa shape index (κ2) is 7.05. The van der Waals surface area contributed by atoms with E-state index in [1.807, 2.05) is 30.3 Å². The fourth-order valence-electron chi connectivity index (χ4n) is 2.63. The van der Waals surface area contributed by atoms with E-state index in [1.54, 1.807) is 12.1 Å². The summed E-state index contributed by atoms with van der Waals surface area (Å²) in [6, 6.07) is 17.1. The number of nitrogens with one attached hydrogen (secondary N) is 2. The highest BCUT2D eigenvalue weighted by Gasteiger charge is 2.19. The van der Waals surface area contributed by atoms with Gasteiger partial charge in [0.2, 0.25) is 0 Å². The molecule has 0 aliphatic heterocycles. The first-order valence-electron chi connectivity index (χ1n) is 7.86. The average molecular weight is 370 g/mol. The molecule has 0 aromatic heterocycles. The third-order valence-electron chi connectivity index (χ3n) is 3.95. The second-order valence-corrected chi connectivity index (χ2v) is 7.29. The highest BCUT2D eigenvalue weighted by molar-refractivity contribution is 7.92. The molecule has 0 spiro atoms. The number of benzene rings is 3. The molecule has 6 nitrogen and oxygen atoms in total. The van der Waals surface area contributed by atoms with Gasteiger partial charge in [0.05, 0.1) is 17.6 Å². The zero-order valence-electron chi connectivity index (χ0n) is 14.3. The van der Waals surface area contributed by atoms with E-state index in [0.717, 1.165) is 10.8 Å². The molecule has 0 aliphatic carbocycles. The van der Waals surface area contributed by atoms with Crippen LogP contribution in [0.15, 0.2) is 65.6 Å². The number of amides is 1. The molecule has 134 valence electrons. The number of hydrogen-bond donors (Lipinski definition) is 2. The lowest BCUT2D eigenvalue weighted by Gasteiger charge is -2.12. The van der Waals surface area contributed by atoms with Crippen molar-refractivity contribution in [3.63, 3.8) is 0 Å². The summed E-state index contributed by atoms with van der Waals surface area (Å²) in [5.41, 5.74) is 0.595. The lowest BCUT2D eigenvalue weighted by Crippen LogP contribution is -2.20. The van der Waals surface area contributed by atoms with Crippen molar-refractivity contribution in [1.82, 2.24) is 5.32 Å². The summed E-state index contributed by atoms with van der Waals surface area (Å²) in [6.07, 6.45) is 0. The van der Waals surface area contributed by atoms with Crippen LogP contribution in [0.4, 0.5) is 5.69 Å². The molecule has 0 fully saturated rings. The minimum atomic E-state index is -3.86. The fourth-order valence-corrected chi connectivity index (χ4v) is 3.71. The van der Waals surface area contributed by atoms with Gasteiger partial charge in [-0.2, -0.15) is 0 Å². The molecule has 0 unspecified atom stereocenters. The van der Waals surface area contributed by atoms with Gasteiger partial charge in [0, 0.05) is 12.7 Å². The van der Waals surface area contributed by atoms with Gasteiger partial charge >= 0.3 is 0 Å². The van der Waals surface area contributed by atoms with Crippen LogP contribution in [0, 0.1) is 0 Å². The summed E-state index contributed by atoms with van der Waals surface area (Å²) in [5.74, 6) is -0.126. The Labute approximate surface area is 151 Å². The Morgan fingerprint density at radius 1 is 0.962 bits per heavy atom. The Morgan fingerprint density at radius 2 is 1.69 bits per heavy atom. The molecule has 3 rings (SSSR count). The third-order valence-corrected chi connectivity index (χ3v) is 5.33. The minimum absolute atomic E-state index is 0.0231. The maximum Gasteiger partial charge on any atom is 0.261 e. The number of hydrogen-bond acceptors (Lipinski definition) is 4. The van der Waals surface area contributed by atoms with E-state index in [-0.39, 0.29) is 10.5 Å². The van der Waals surface area contributed by atoms with Gasteiger partial charge in [-0.3, -0.25) is 9.52 Å². The molecule has 0 bridgehead atoms. The van der Waals surface area contributed by atoms with Crippen molar-refractivity contribution in [2.24, 2.45) is 0 Å². The van der Waals surface area contributed by atoms with E-state index in [2.05, 4.69) is 10.0 Å². The van der Waals surface area contributed by atoms with Crippen LogP contribution in [0.1, 0.15) is 10.4 Å². The molecule has 3 aromatic carbocycles. The number of carbonyl (C=O) groups excluding carboxylic acids is 1. The van der Waals surface area contributed by atoms with Gasteiger partial charge in [0.25, 0.3) is 15.9 Å². The van der Waals surface area contributed by atoms with Crippen LogP contribution in [0.3, 0.4) is 0 Å². The maximum atomic E-state index is 12.7. The molecule has 0 aliphatic rings. The normalized spacial score (nSPS) is 11.2. The summed E-state index contributed by atoms with van der Waals surface area (Å²) in [7, 11) is -0.968. The fraction of sp³-hybridized carbons (Fsp3) is 0.105. The predicted molar refractivity (Wildman–Crippen MR) is 101 cm³/mol. The molecule has 1 amide bonds. The van der Waals surface area contributed by atoms with Crippen molar-refractivity contribution in [2.75, 3.05) is 18.9 Å². The third kappa shape index (κ3) is 3.48. The molecular formula is C19H18N2O4S. The zero-order valence-corrected chi connectivity index (χ0v) is 15.1. The smallest absolute Gasteiger partial charge is 0.261 e. The number of sulfonamides is 1. The van der Waals surface area contributed by atoms with E-state index < -0.39 is 15.9 Å². The molecule has 0 saturated carbocycles. The Balaban J connectivity index is 1.97. The van der Waals surface area contributed by atoms with E-state index >= 15 is 0 Å². The lowest BCUT2D eigenvalue weighted by atomic mass is 10.1. The molecule has 7 heteroatoms. The van der Waals surface area contributed by atoms with Gasteiger partial charge in [-0.05, 0) is 41.1 Å². The van der Waals surface area contributed by atoms with Gasteiger partial charge < -0.3 is 10.1 Å². The predicted octanol–water partition coefficient (Wildman–Crippen LogP) is 3.01. The molecule has 0 saturated heterocycles. The minimum Gasteiger partial charge on any atom is -0.496 e. The Kier molecular flexibility index (Phi) is 4.81. The van der Waals surface area contributed by atoms with Gasteiger partial charge in [0.1, 0.15) is 5.75 Å². The second-order valence-electron chi connectivity index (χ2n) is 5.61. The summed E-state index contributed by atoms with van der Waals surface area (Å²) < 4.78 is 33.1. The monoisotopic (exact) mass is 370 g/mol. The van der Waals surface area contributed by atoms with Crippen LogP contribution in [0.25, 0.3) is 10.8 Å². The van der Waals surface area contributed by atoms with Crippen LogP contribution < -0.4 is 14.8 Å². The number of rotatable bonds is 5. The summed E-state index contributed by atoms with van der Waals surface area (Å²) in [4.78, 5) is 11.9. The molecule has 0 atom stereocenters. The SMILES string of the molecule is CNC(=O)c1cc(S(=O)(=O)Nc2ccc3ccccc3c2)ccc1OC. The molecule has 0 heterocycles. The summed E-state index contributed by atoms with van der Waals surface area (Å²) >= 11 is 0. The van der Waals surface area contributed by atoms with Crippen LogP contribution in [-0.2, 0) is 10.0 Å². The van der Waals surface area contributed by atoms with Gasteiger partial charge in [0.15, 0.2) is 0 Å². The van der Waals surface area contributed by atoms with Crippen LogP contribution in [0.2, 0.25) is 0 Å². The molecule has 2 N–H and O–H groups in total. The Bertz CT molecular complexity index is 1080. The first-order valence-corrected chi connectivity index (χ1v) is 9.34. The number of ether oxygens (including phenoxy) is 1. The molecule has 0 radical (unpaired) electrons. The Morgan fingerprint density at radius 3 is 2.38 bits per heavy atom. The molecule has 3 aromatic rings. The molecular weight excluding hydrogens is 352 g/mol. The summed E-state index contributed by atoms with van der Waals surface area (Å²) in [5, 5.41) is 4.41. The number of methoxy groups -OCH3 is 1. The van der Waals surface area contributed by atoms with E-state index in [4.69, 9.17) is 4.74 Å². The van der Waals surface area contributed by atoms with Gasteiger partial charge in [-0.15, -0.1) is 0 Å². The lowest BCUT2D eigenvalue weighted by molar-refractivity contribution is 0.0960. The standard InChI is InChI=1S/C19H18N2O4S/c1-20-19(22)17-12-16(9-10-18(17)25-2)26(23,24)21-15-8-7-13-5-3-4-6-14(13)11-15/h3-12,21H,1-2H3,(H,20,22). The van der Waals surface area contributed by atoms with Crippen LogP contribution >= 0.6 is 0 Å². The van der Waals surface area contributed by atoms with Crippen molar-refractivity contribution >= 4 is 32.4 Å². The van der Waals surface area contributed by atoms with Crippen LogP contribution in [-0.4, -0.2) is 28.5 Å². The Hall–Kier alpha value is -3.06. The number of carbonyl (C=O) groups is 1. The van der Waals surface area contributed by atoms with Gasteiger partial charge in [-0.1, -0.05) is 30.3 Å². The van der Waals surface area contributed by atoms with Crippen LogP contribution in [0.5, 0.6) is 5.75 Å². The topological polar surface area (TPSA) is 84.5 Å². The first kappa shape index (κ1) is 17.8. The summed E-state index contributed by atoms with van der Waals surface area (Å²) in [6.45, 7) is 0. The number of fused-ring (bicyclic) bond motifs is 1. The largest absolute Gasteiger partial charge is 0.496 e. The van der Waals surface area contributed by atoms with Crippen molar-refractivity contribution in [3.8, 4) is 5.75 Å². The maximum absolute atomic E-state index is 12.7. The van der Waals surface area contributed by atoms with Crippen molar-refractivity contribution < 1.29 is 17.9 Å². The number of anilines is 1. The highest BCUT2D eigenvalue weighted by Crippen LogP contribution is 2.25. The van der Waals surface area contributed by atoms with Crippen molar-refractivity contribution in [1.29, 1.82) is 0 Å². The highest BCUT2D eigenvalue weighted by atomic mass is 32.2. The van der Waals surface area contributed by atoms with E-state index in [9.17, 15) is 13.2 Å². The van der Waals surface area contributed by atoms with Gasteiger partial charge in [-0.25, -0.2) is 8.42 Å². The molecule has 26 heavy (non-hydrogen) atoms. The van der Waals surface area contributed by atoms with Crippen molar-refractivity contribution in [2.45, 2.75) is 4.90 Å². The van der Waals surface area contributed by atoms with E-state index in [1.165, 1.54) is 32.4 Å². The quantitative estimate of drug-likeness (QED) is 0.723. The first-order chi connectivity index (χ1) is 12.4. The van der Waals surface area contributed by atoms with E-state index in [0.29, 0.717) is 11.4 Å².